The minimum absolute atomic E-state index is 0.103. The summed E-state index contributed by atoms with van der Waals surface area (Å²) in [6.07, 6.45) is 0.609. The second-order valence-electron chi connectivity index (χ2n) is 8.32. The van der Waals surface area contributed by atoms with Gasteiger partial charge in [0.05, 0.1) is 19.1 Å². The predicted octanol–water partition coefficient (Wildman–Crippen LogP) is 0.427. The lowest BCUT2D eigenvalue weighted by Crippen LogP contribution is -2.59. The van der Waals surface area contributed by atoms with Crippen molar-refractivity contribution < 1.29 is 39.4 Å². The van der Waals surface area contributed by atoms with Crippen LogP contribution in [0.5, 0.6) is 0 Å². The van der Waals surface area contributed by atoms with Crippen LogP contribution in [-0.2, 0) is 19.0 Å². The van der Waals surface area contributed by atoms with Gasteiger partial charge in [0, 0.05) is 5.92 Å². The van der Waals surface area contributed by atoms with Crippen LogP contribution >= 0.6 is 0 Å². The molecular formula is C21H32O8. The van der Waals surface area contributed by atoms with Crippen LogP contribution in [0.1, 0.15) is 39.5 Å². The largest absolute Gasteiger partial charge is 0.458 e. The topological polar surface area (TPSA) is 126 Å². The summed E-state index contributed by atoms with van der Waals surface area (Å²) < 4.78 is 16.7. The van der Waals surface area contributed by atoms with Crippen molar-refractivity contribution in [3.8, 4) is 0 Å². The quantitative estimate of drug-likeness (QED) is 0.387. The van der Waals surface area contributed by atoms with Crippen LogP contribution in [0.25, 0.3) is 0 Å². The molecule has 8 heteroatoms. The van der Waals surface area contributed by atoms with Crippen molar-refractivity contribution in [2.24, 2.45) is 11.8 Å². The molecule has 1 aliphatic carbocycles. The van der Waals surface area contributed by atoms with Crippen molar-refractivity contribution in [2.75, 3.05) is 13.2 Å². The summed E-state index contributed by atoms with van der Waals surface area (Å²) in [5.74, 6) is -0.242. The zero-order chi connectivity index (χ0) is 21.1. The number of carbonyl (C=O) groups excluding carboxylic acids is 1. The summed E-state index contributed by atoms with van der Waals surface area (Å²) >= 11 is 0. The molecule has 0 radical (unpaired) electrons. The van der Waals surface area contributed by atoms with Crippen molar-refractivity contribution in [3.63, 3.8) is 0 Å². The fourth-order valence-corrected chi connectivity index (χ4v) is 4.19. The Morgan fingerprint density at radius 1 is 1.17 bits per heavy atom. The monoisotopic (exact) mass is 412 g/mol. The Bertz CT molecular complexity index is 643. The maximum Gasteiger partial charge on any atom is 0.309 e. The van der Waals surface area contributed by atoms with Crippen LogP contribution in [0.3, 0.4) is 0 Å². The first-order chi connectivity index (χ1) is 13.8. The van der Waals surface area contributed by atoms with Gasteiger partial charge >= 0.3 is 5.97 Å². The van der Waals surface area contributed by atoms with Crippen molar-refractivity contribution in [1.82, 2.24) is 0 Å². The van der Waals surface area contributed by atoms with Crippen molar-refractivity contribution in [1.29, 1.82) is 0 Å². The van der Waals surface area contributed by atoms with Crippen LogP contribution in [0, 0.1) is 11.8 Å². The minimum Gasteiger partial charge on any atom is -0.458 e. The number of allylic oxidation sites excluding steroid dienone is 2. The number of aliphatic hydroxyl groups excluding tert-OH is 4. The predicted molar refractivity (Wildman–Crippen MR) is 103 cm³/mol. The van der Waals surface area contributed by atoms with E-state index < -0.39 is 37.3 Å². The van der Waals surface area contributed by atoms with Gasteiger partial charge in [-0.1, -0.05) is 18.6 Å². The maximum atomic E-state index is 12.1. The molecule has 2 heterocycles. The fourth-order valence-electron chi connectivity index (χ4n) is 4.19. The van der Waals surface area contributed by atoms with Crippen LogP contribution in [0.15, 0.2) is 23.3 Å². The van der Waals surface area contributed by atoms with Crippen LogP contribution in [0.4, 0.5) is 0 Å². The number of ether oxygens (including phenoxy) is 3. The molecule has 8 atom stereocenters. The highest BCUT2D eigenvalue weighted by Crippen LogP contribution is 2.35. The molecule has 0 aromatic rings. The zero-order valence-corrected chi connectivity index (χ0v) is 16.9. The Morgan fingerprint density at radius 2 is 1.93 bits per heavy atom. The number of hydrogen-bond acceptors (Lipinski definition) is 8. The fraction of sp³-hybridized carbons (Fsp3) is 0.762. The van der Waals surface area contributed by atoms with Crippen molar-refractivity contribution in [2.45, 2.75) is 76.3 Å². The summed E-state index contributed by atoms with van der Waals surface area (Å²) in [6.45, 7) is 3.60. The van der Waals surface area contributed by atoms with E-state index in [1.165, 1.54) is 5.57 Å². The molecule has 164 valence electrons. The number of rotatable bonds is 4. The Hall–Kier alpha value is -1.29. The Labute approximate surface area is 170 Å². The van der Waals surface area contributed by atoms with Gasteiger partial charge in [-0.25, -0.2) is 0 Å². The number of carbonyl (C=O) groups is 1. The summed E-state index contributed by atoms with van der Waals surface area (Å²) in [4.78, 5) is 12.1. The van der Waals surface area contributed by atoms with E-state index in [1.54, 1.807) is 0 Å². The van der Waals surface area contributed by atoms with Gasteiger partial charge in [0.2, 0.25) is 0 Å². The lowest BCUT2D eigenvalue weighted by atomic mass is 9.84. The normalized spacial score (nSPS) is 44.8. The third-order valence-corrected chi connectivity index (χ3v) is 6.20. The maximum absolute atomic E-state index is 12.1. The van der Waals surface area contributed by atoms with Crippen LogP contribution in [0.2, 0.25) is 0 Å². The van der Waals surface area contributed by atoms with Gasteiger partial charge in [-0.05, 0) is 44.3 Å². The number of esters is 1. The smallest absolute Gasteiger partial charge is 0.309 e. The molecule has 29 heavy (non-hydrogen) atoms. The standard InChI is InChI=1S/C21H32O8/c1-11-4-3-5-13(8-15-14(7-6-11)12(2)20(26)28-15)10-27-21-19(25)18(24)17(23)16(9-22)29-21/h4,8,12,14-19,21-25H,3,5-7,9-10H2,1-2H3/b11-4+,13-8-/t12-,14-,15-,16-,17-,18+,19-,21-/m1/s1. The molecule has 2 fully saturated rings. The number of fused-ring (bicyclic) bond motifs is 1. The zero-order valence-electron chi connectivity index (χ0n) is 16.9. The number of hydrogen-bond donors (Lipinski definition) is 4. The second kappa shape index (κ2) is 9.68. The molecule has 0 spiro atoms. The molecule has 0 aromatic heterocycles. The first-order valence-electron chi connectivity index (χ1n) is 10.3. The van der Waals surface area contributed by atoms with E-state index in [0.29, 0.717) is 6.42 Å². The lowest BCUT2D eigenvalue weighted by Gasteiger charge is -2.39. The van der Waals surface area contributed by atoms with Gasteiger partial charge in [0.25, 0.3) is 0 Å². The van der Waals surface area contributed by atoms with E-state index in [-0.39, 0.29) is 30.5 Å². The molecule has 4 N–H and O–H groups in total. The number of aliphatic hydroxyl groups is 4. The third kappa shape index (κ3) is 5.07. The molecule has 0 amide bonds. The Morgan fingerprint density at radius 3 is 2.66 bits per heavy atom. The molecule has 8 nitrogen and oxygen atoms in total. The van der Waals surface area contributed by atoms with Gasteiger partial charge in [-0.15, -0.1) is 0 Å². The van der Waals surface area contributed by atoms with Gasteiger partial charge in [0.15, 0.2) is 6.29 Å². The van der Waals surface area contributed by atoms with Crippen LogP contribution in [-0.4, -0.2) is 76.4 Å². The highest BCUT2D eigenvalue weighted by Gasteiger charge is 2.44. The Balaban J connectivity index is 1.71. The van der Waals surface area contributed by atoms with E-state index in [2.05, 4.69) is 13.0 Å². The Kier molecular flexibility index (Phi) is 7.47. The second-order valence-corrected chi connectivity index (χ2v) is 8.32. The first kappa shape index (κ1) is 22.4. The molecule has 3 rings (SSSR count). The molecular weight excluding hydrogens is 380 g/mol. The minimum atomic E-state index is -1.48. The average molecular weight is 412 g/mol. The van der Waals surface area contributed by atoms with E-state index >= 15 is 0 Å². The first-order valence-corrected chi connectivity index (χ1v) is 10.3. The summed E-state index contributed by atoms with van der Waals surface area (Å²) in [5, 5.41) is 39.2. The average Bonchev–Trinajstić information content (AvgIpc) is 2.96. The molecule has 3 aliphatic rings. The van der Waals surface area contributed by atoms with Gasteiger partial charge in [-0.3, -0.25) is 4.79 Å². The molecule has 0 unspecified atom stereocenters. The highest BCUT2D eigenvalue weighted by molar-refractivity contribution is 5.75. The molecule has 0 bridgehead atoms. The van der Waals surface area contributed by atoms with E-state index in [4.69, 9.17) is 14.2 Å². The molecule has 0 saturated carbocycles. The lowest BCUT2D eigenvalue weighted by molar-refractivity contribution is -0.299. The molecule has 2 saturated heterocycles. The van der Waals surface area contributed by atoms with E-state index in [9.17, 15) is 25.2 Å². The SMILES string of the molecule is C/C1=C\CC/C(CO[C@@H]2O[C@H](CO)[C@@H](O)[C@H](O)[C@H]2O)=C/[C@H]2OC(=O)[C@H](C)[C@H]2CC1. The van der Waals surface area contributed by atoms with E-state index in [1.807, 2.05) is 13.0 Å². The van der Waals surface area contributed by atoms with Gasteiger partial charge in [-0.2, -0.15) is 0 Å². The third-order valence-electron chi connectivity index (χ3n) is 6.20. The van der Waals surface area contributed by atoms with E-state index in [0.717, 1.165) is 24.8 Å². The van der Waals surface area contributed by atoms with Gasteiger partial charge < -0.3 is 34.6 Å². The van der Waals surface area contributed by atoms with Crippen molar-refractivity contribution >= 4 is 5.97 Å². The summed E-state index contributed by atoms with van der Waals surface area (Å²) in [6, 6.07) is 0. The molecule has 0 aromatic carbocycles. The van der Waals surface area contributed by atoms with Crippen LogP contribution < -0.4 is 0 Å². The molecule has 2 aliphatic heterocycles. The van der Waals surface area contributed by atoms with Gasteiger partial charge in [0.1, 0.15) is 30.5 Å². The van der Waals surface area contributed by atoms with Crippen molar-refractivity contribution in [3.05, 3.63) is 23.3 Å². The summed E-state index contributed by atoms with van der Waals surface area (Å²) in [5.41, 5.74) is 2.19. The highest BCUT2D eigenvalue weighted by atomic mass is 16.7. The summed E-state index contributed by atoms with van der Waals surface area (Å²) in [7, 11) is 0.